The van der Waals surface area contributed by atoms with Crippen molar-refractivity contribution in [1.29, 1.82) is 0 Å². The summed E-state index contributed by atoms with van der Waals surface area (Å²) in [5.74, 6) is -0.116. The topological polar surface area (TPSA) is 106 Å². The van der Waals surface area contributed by atoms with E-state index < -0.39 is 46.8 Å². The molecule has 15 heteroatoms. The molecule has 0 radical (unpaired) electrons. The summed E-state index contributed by atoms with van der Waals surface area (Å²) in [7, 11) is 0. The summed E-state index contributed by atoms with van der Waals surface area (Å²) in [6.45, 7) is 1.23. The molecule has 0 bridgehead atoms. The fraction of sp³-hybridized carbons (Fsp3) is 0.485. The minimum atomic E-state index is -5.01. The Hall–Kier alpha value is -4.11. The first kappa shape index (κ1) is 35.2. The Labute approximate surface area is 272 Å². The minimum Gasteiger partial charge on any atom is -0.434 e. The van der Waals surface area contributed by atoms with Gasteiger partial charge in [0.15, 0.2) is 0 Å². The molecule has 3 atom stereocenters. The molecule has 0 unspecified atom stereocenters. The number of aryl methyl sites for hydroxylation is 1. The average molecular weight is 683 g/mol. The highest BCUT2D eigenvalue weighted by Crippen LogP contribution is 2.45. The van der Waals surface area contributed by atoms with E-state index in [1.807, 2.05) is 17.0 Å². The van der Waals surface area contributed by atoms with Crippen LogP contribution in [-0.4, -0.2) is 59.0 Å². The molecular weight excluding hydrogens is 646 g/mol. The number of halogens is 6. The quantitative estimate of drug-likeness (QED) is 0.129. The summed E-state index contributed by atoms with van der Waals surface area (Å²) in [4.78, 5) is 33.7. The molecule has 48 heavy (non-hydrogen) atoms. The second kappa shape index (κ2) is 14.2. The number of amides is 1. The molecule has 2 N–H and O–H groups in total. The SMILES string of the molecule is C[C@@H](OC[C@@]1(c2ccccc2)CC[C@]2(CCC(=O)N2)CN1COC(=O)OCCCc1c[nH]cn1)c1cc(C(F)(F)F)cc(C(F)(F)F)c1. The highest BCUT2D eigenvalue weighted by atomic mass is 19.4. The lowest BCUT2D eigenvalue weighted by Crippen LogP contribution is -2.64. The molecule has 2 saturated heterocycles. The number of carbonyl (C=O) groups excluding carboxylic acids is 2. The number of aromatic amines is 1. The van der Waals surface area contributed by atoms with Crippen molar-refractivity contribution in [3.05, 3.63) is 89.0 Å². The number of benzene rings is 2. The number of nitrogens with one attached hydrogen (secondary N) is 2. The van der Waals surface area contributed by atoms with E-state index in [-0.39, 0.29) is 44.0 Å². The Balaban J connectivity index is 1.38. The Kier molecular flexibility index (Phi) is 10.4. The van der Waals surface area contributed by atoms with Crippen molar-refractivity contribution in [2.24, 2.45) is 0 Å². The van der Waals surface area contributed by atoms with Crippen LogP contribution >= 0.6 is 0 Å². The number of aromatic nitrogens is 2. The first-order valence-corrected chi connectivity index (χ1v) is 15.5. The molecule has 2 fully saturated rings. The molecule has 1 spiro atoms. The number of alkyl halides is 6. The van der Waals surface area contributed by atoms with Crippen molar-refractivity contribution in [2.45, 2.75) is 75.0 Å². The Morgan fingerprint density at radius 2 is 1.71 bits per heavy atom. The molecule has 1 aromatic heterocycles. The van der Waals surface area contributed by atoms with Crippen molar-refractivity contribution < 1.29 is 50.1 Å². The second-order valence-electron chi connectivity index (χ2n) is 12.3. The molecule has 9 nitrogen and oxygen atoms in total. The Bertz CT molecular complexity index is 1520. The number of nitrogens with zero attached hydrogens (tertiary/aromatic N) is 2. The van der Waals surface area contributed by atoms with Gasteiger partial charge in [0.25, 0.3) is 0 Å². The zero-order valence-corrected chi connectivity index (χ0v) is 26.1. The molecular formula is C33H36F6N4O5. The van der Waals surface area contributed by atoms with Crippen molar-refractivity contribution in [2.75, 3.05) is 26.5 Å². The highest BCUT2D eigenvalue weighted by molar-refractivity contribution is 5.79. The van der Waals surface area contributed by atoms with E-state index in [0.29, 0.717) is 50.7 Å². The van der Waals surface area contributed by atoms with Gasteiger partial charge in [-0.25, -0.2) is 9.78 Å². The van der Waals surface area contributed by atoms with Crippen molar-refractivity contribution in [1.82, 2.24) is 20.2 Å². The Morgan fingerprint density at radius 3 is 2.31 bits per heavy atom. The first-order valence-electron chi connectivity index (χ1n) is 15.5. The van der Waals surface area contributed by atoms with Gasteiger partial charge in [0.2, 0.25) is 5.91 Å². The van der Waals surface area contributed by atoms with Gasteiger partial charge in [0.05, 0.1) is 53.5 Å². The fourth-order valence-electron chi connectivity index (χ4n) is 6.35. The third-order valence-corrected chi connectivity index (χ3v) is 9.00. The highest BCUT2D eigenvalue weighted by Gasteiger charge is 2.52. The lowest BCUT2D eigenvalue weighted by Gasteiger charge is -2.52. The van der Waals surface area contributed by atoms with Crippen LogP contribution in [0, 0.1) is 0 Å². The lowest BCUT2D eigenvalue weighted by atomic mass is 9.74. The van der Waals surface area contributed by atoms with Crippen LogP contribution in [0.25, 0.3) is 0 Å². The first-order chi connectivity index (χ1) is 22.7. The normalized spacial score (nSPS) is 22.4. The number of hydrogen-bond acceptors (Lipinski definition) is 7. The lowest BCUT2D eigenvalue weighted by molar-refractivity contribution is -0.143. The molecule has 3 heterocycles. The maximum absolute atomic E-state index is 13.6. The fourth-order valence-corrected chi connectivity index (χ4v) is 6.35. The maximum Gasteiger partial charge on any atom is 0.509 e. The second-order valence-corrected chi connectivity index (χ2v) is 12.3. The van der Waals surface area contributed by atoms with Gasteiger partial charge in [-0.05, 0) is 68.4 Å². The summed E-state index contributed by atoms with van der Waals surface area (Å²) < 4.78 is 98.5. The molecule has 0 saturated carbocycles. The molecule has 2 aliphatic heterocycles. The van der Waals surface area contributed by atoms with Crippen LogP contribution in [0.5, 0.6) is 0 Å². The molecule has 2 aliphatic rings. The standard InChI is InChI=1S/C33H36F6N4O5/c1-22(23-14-25(32(34,35)36)16-26(15-23)33(37,38)39)47-19-31(24-6-3-2-4-7-24)12-11-30(10-9-28(44)42-30)18-43(31)21-48-29(45)46-13-5-8-27-17-40-20-41-27/h2-4,6-7,14-17,20,22H,5,8-13,18-19,21H2,1H3,(H,40,41)(H,42,44)/t22-,30-,31-/m1/s1. The largest absolute Gasteiger partial charge is 0.509 e. The maximum atomic E-state index is 13.6. The van der Waals surface area contributed by atoms with Gasteiger partial charge in [-0.15, -0.1) is 0 Å². The number of imidazole rings is 1. The molecule has 5 rings (SSSR count). The van der Waals surface area contributed by atoms with Crippen LogP contribution in [0.15, 0.2) is 61.1 Å². The smallest absolute Gasteiger partial charge is 0.434 e. The van der Waals surface area contributed by atoms with Crippen LogP contribution in [0.2, 0.25) is 0 Å². The third kappa shape index (κ3) is 8.29. The monoisotopic (exact) mass is 682 g/mol. The van der Waals surface area contributed by atoms with E-state index in [1.165, 1.54) is 6.92 Å². The molecule has 0 aliphatic carbocycles. The number of likely N-dealkylation sites (tertiary alicyclic amines) is 1. The van der Waals surface area contributed by atoms with Gasteiger partial charge >= 0.3 is 18.5 Å². The number of rotatable bonds is 11. The van der Waals surface area contributed by atoms with E-state index in [9.17, 15) is 35.9 Å². The van der Waals surface area contributed by atoms with Crippen LogP contribution < -0.4 is 5.32 Å². The van der Waals surface area contributed by atoms with Crippen molar-refractivity contribution >= 4 is 12.1 Å². The van der Waals surface area contributed by atoms with Gasteiger partial charge in [0, 0.05) is 19.2 Å². The van der Waals surface area contributed by atoms with E-state index in [1.54, 1.807) is 30.7 Å². The molecule has 1 amide bonds. The number of piperidine rings is 1. The number of hydrogen-bond donors (Lipinski definition) is 2. The number of H-pyrrole nitrogens is 1. The van der Waals surface area contributed by atoms with E-state index in [2.05, 4.69) is 15.3 Å². The van der Waals surface area contributed by atoms with Crippen molar-refractivity contribution in [3.8, 4) is 0 Å². The van der Waals surface area contributed by atoms with Gasteiger partial charge in [-0.2, -0.15) is 26.3 Å². The Morgan fingerprint density at radius 1 is 1.00 bits per heavy atom. The van der Waals surface area contributed by atoms with Gasteiger partial charge in [-0.1, -0.05) is 30.3 Å². The third-order valence-electron chi connectivity index (χ3n) is 9.00. The zero-order chi connectivity index (χ0) is 34.6. The van der Waals surface area contributed by atoms with Crippen LogP contribution in [0.4, 0.5) is 31.1 Å². The van der Waals surface area contributed by atoms with Crippen LogP contribution in [-0.2, 0) is 43.3 Å². The van der Waals surface area contributed by atoms with Crippen LogP contribution in [0.1, 0.15) is 73.1 Å². The van der Waals surface area contributed by atoms with Gasteiger partial charge in [0.1, 0.15) is 6.73 Å². The van der Waals surface area contributed by atoms with Crippen LogP contribution in [0.3, 0.4) is 0 Å². The number of carbonyl (C=O) groups is 2. The molecule has 260 valence electrons. The zero-order valence-electron chi connectivity index (χ0n) is 26.1. The summed E-state index contributed by atoms with van der Waals surface area (Å²) in [6.07, 6.45) is -6.04. The van der Waals surface area contributed by atoms with E-state index in [0.717, 1.165) is 11.3 Å². The minimum absolute atomic E-state index is 0.0764. The van der Waals surface area contributed by atoms with Gasteiger partial charge < -0.3 is 24.5 Å². The summed E-state index contributed by atoms with van der Waals surface area (Å²) in [5.41, 5.74) is -3.29. The van der Waals surface area contributed by atoms with E-state index in [4.69, 9.17) is 14.2 Å². The number of ether oxygens (including phenoxy) is 3. The van der Waals surface area contributed by atoms with Gasteiger partial charge in [-0.3, -0.25) is 9.69 Å². The summed E-state index contributed by atoms with van der Waals surface area (Å²) >= 11 is 0. The summed E-state index contributed by atoms with van der Waals surface area (Å²) in [5, 5.41) is 3.05. The summed E-state index contributed by atoms with van der Waals surface area (Å²) in [6, 6.07) is 10.4. The van der Waals surface area contributed by atoms with Crippen molar-refractivity contribution in [3.63, 3.8) is 0 Å². The predicted molar refractivity (Wildman–Crippen MR) is 159 cm³/mol. The van der Waals surface area contributed by atoms with E-state index >= 15 is 0 Å². The molecule has 2 aromatic carbocycles. The average Bonchev–Trinajstić information content (AvgIpc) is 3.70. The predicted octanol–water partition coefficient (Wildman–Crippen LogP) is 6.91. The molecule has 3 aromatic rings.